The molecule has 1 unspecified atom stereocenters. The van der Waals surface area contributed by atoms with Gasteiger partial charge in [0, 0.05) is 18.8 Å². The lowest BCUT2D eigenvalue weighted by Gasteiger charge is -2.33. The maximum absolute atomic E-state index is 12.6. The molecule has 1 fully saturated rings. The number of rotatable bonds is 13. The predicted molar refractivity (Wildman–Crippen MR) is 131 cm³/mol. The number of nitrogens with zero attached hydrogens (tertiary/aromatic N) is 1. The third kappa shape index (κ3) is 8.94. The minimum absolute atomic E-state index is 0.00456. The zero-order chi connectivity index (χ0) is 24.9. The smallest absolute Gasteiger partial charge is 0.307 e. The number of esters is 1. The van der Waals surface area contributed by atoms with E-state index < -0.39 is 12.0 Å². The Balaban J connectivity index is 1.43. The van der Waals surface area contributed by atoms with Crippen LogP contribution in [0.25, 0.3) is 0 Å². The summed E-state index contributed by atoms with van der Waals surface area (Å²) in [6.07, 6.45) is 1.61. The molecular weight excluding hydrogens is 450 g/mol. The molecule has 2 aromatic carbocycles. The molecule has 1 aliphatic heterocycles. The van der Waals surface area contributed by atoms with E-state index >= 15 is 0 Å². The number of amides is 2. The van der Waals surface area contributed by atoms with Crippen molar-refractivity contribution in [1.29, 1.82) is 0 Å². The molecule has 3 rings (SSSR count). The standard InChI is InChI=1S/C26H33N3O6/c1-2-3-15-35-25(31)18-23-26(32)27-13-14-29(23)19-24(30)28-20-9-11-22(12-10-20)34-17-16-33-21-7-5-4-6-8-21/h4-12,23H,2-3,13-19H2,1H3,(H,27,32)(H,28,30). The molecule has 9 heteroatoms. The fourth-order valence-electron chi connectivity index (χ4n) is 3.58. The molecule has 2 amide bonds. The molecule has 0 saturated carbocycles. The van der Waals surface area contributed by atoms with Gasteiger partial charge < -0.3 is 24.8 Å². The van der Waals surface area contributed by atoms with E-state index in [9.17, 15) is 14.4 Å². The van der Waals surface area contributed by atoms with E-state index in [0.29, 0.717) is 44.3 Å². The summed E-state index contributed by atoms with van der Waals surface area (Å²) in [5.41, 5.74) is 0.611. The first kappa shape index (κ1) is 26.0. The van der Waals surface area contributed by atoms with Gasteiger partial charge in [-0.2, -0.15) is 0 Å². The largest absolute Gasteiger partial charge is 0.490 e. The molecule has 188 valence electrons. The zero-order valence-electron chi connectivity index (χ0n) is 20.0. The van der Waals surface area contributed by atoms with Crippen LogP contribution in [-0.2, 0) is 19.1 Å². The minimum atomic E-state index is -0.725. The Kier molecular flexibility index (Phi) is 10.4. The number of nitrogens with one attached hydrogen (secondary N) is 2. The Morgan fingerprint density at radius 1 is 1.00 bits per heavy atom. The van der Waals surface area contributed by atoms with Gasteiger partial charge in [0.2, 0.25) is 11.8 Å². The maximum atomic E-state index is 12.6. The molecule has 1 saturated heterocycles. The van der Waals surface area contributed by atoms with Crippen LogP contribution in [0.15, 0.2) is 54.6 Å². The van der Waals surface area contributed by atoms with E-state index in [2.05, 4.69) is 10.6 Å². The van der Waals surface area contributed by atoms with E-state index in [-0.39, 0.29) is 24.8 Å². The molecule has 0 spiro atoms. The molecule has 2 aromatic rings. The van der Waals surface area contributed by atoms with Crippen LogP contribution in [0.4, 0.5) is 5.69 Å². The summed E-state index contributed by atoms with van der Waals surface area (Å²) < 4.78 is 16.5. The summed E-state index contributed by atoms with van der Waals surface area (Å²) in [4.78, 5) is 38.7. The van der Waals surface area contributed by atoms with Gasteiger partial charge in [-0.1, -0.05) is 31.5 Å². The van der Waals surface area contributed by atoms with Crippen molar-refractivity contribution in [1.82, 2.24) is 10.2 Å². The quantitative estimate of drug-likeness (QED) is 0.333. The lowest BCUT2D eigenvalue weighted by Crippen LogP contribution is -2.57. The second kappa shape index (κ2) is 14.0. The molecule has 1 atom stereocenters. The van der Waals surface area contributed by atoms with Crippen LogP contribution in [0.5, 0.6) is 11.5 Å². The highest BCUT2D eigenvalue weighted by Crippen LogP contribution is 2.17. The third-order valence-electron chi connectivity index (χ3n) is 5.41. The summed E-state index contributed by atoms with van der Waals surface area (Å²) in [7, 11) is 0. The van der Waals surface area contributed by atoms with E-state index in [1.54, 1.807) is 29.2 Å². The third-order valence-corrected chi connectivity index (χ3v) is 5.41. The molecule has 1 aliphatic rings. The number of carbonyl (C=O) groups excluding carboxylic acids is 3. The average molecular weight is 484 g/mol. The van der Waals surface area contributed by atoms with Crippen molar-refractivity contribution in [3.05, 3.63) is 54.6 Å². The fraction of sp³-hybridized carbons (Fsp3) is 0.423. The normalized spacial score (nSPS) is 15.7. The number of hydrogen-bond acceptors (Lipinski definition) is 7. The van der Waals surface area contributed by atoms with Crippen LogP contribution >= 0.6 is 0 Å². The van der Waals surface area contributed by atoms with Crippen LogP contribution in [0.2, 0.25) is 0 Å². The van der Waals surface area contributed by atoms with Gasteiger partial charge in [0.25, 0.3) is 0 Å². The van der Waals surface area contributed by atoms with Gasteiger partial charge in [0.1, 0.15) is 30.8 Å². The lowest BCUT2D eigenvalue weighted by molar-refractivity contribution is -0.149. The van der Waals surface area contributed by atoms with Gasteiger partial charge in [0.15, 0.2) is 0 Å². The topological polar surface area (TPSA) is 106 Å². The first-order valence-electron chi connectivity index (χ1n) is 11.9. The highest BCUT2D eigenvalue weighted by atomic mass is 16.5. The minimum Gasteiger partial charge on any atom is -0.490 e. The Morgan fingerprint density at radius 2 is 1.69 bits per heavy atom. The number of benzene rings is 2. The van der Waals surface area contributed by atoms with Gasteiger partial charge in [0.05, 0.1) is 19.6 Å². The second-order valence-corrected chi connectivity index (χ2v) is 8.14. The SMILES string of the molecule is CCCCOC(=O)CC1C(=O)NCCN1CC(=O)Nc1ccc(OCCOc2ccccc2)cc1. The number of ether oxygens (including phenoxy) is 3. The molecule has 9 nitrogen and oxygen atoms in total. The van der Waals surface area contributed by atoms with E-state index in [0.717, 1.165) is 18.6 Å². The maximum Gasteiger partial charge on any atom is 0.307 e. The molecule has 0 radical (unpaired) electrons. The average Bonchev–Trinajstić information content (AvgIpc) is 2.86. The van der Waals surface area contributed by atoms with Gasteiger partial charge in [-0.15, -0.1) is 0 Å². The first-order chi connectivity index (χ1) is 17.0. The molecule has 0 bridgehead atoms. The first-order valence-corrected chi connectivity index (χ1v) is 11.9. The molecule has 1 heterocycles. The highest BCUT2D eigenvalue weighted by molar-refractivity contribution is 5.93. The van der Waals surface area contributed by atoms with Gasteiger partial charge in [-0.25, -0.2) is 0 Å². The predicted octanol–water partition coefficient (Wildman–Crippen LogP) is 2.62. The van der Waals surface area contributed by atoms with Crippen molar-refractivity contribution in [3.8, 4) is 11.5 Å². The van der Waals surface area contributed by atoms with Crippen LogP contribution in [0.1, 0.15) is 26.2 Å². The van der Waals surface area contributed by atoms with Crippen molar-refractivity contribution in [2.75, 3.05) is 44.8 Å². The molecule has 0 aliphatic carbocycles. The summed E-state index contributed by atoms with van der Waals surface area (Å²) in [5.74, 6) is 0.476. The number of unbranched alkanes of at least 4 members (excludes halogenated alkanes) is 1. The van der Waals surface area contributed by atoms with Crippen molar-refractivity contribution in [2.24, 2.45) is 0 Å². The molecule has 0 aromatic heterocycles. The van der Waals surface area contributed by atoms with E-state index in [1.807, 2.05) is 37.3 Å². The highest BCUT2D eigenvalue weighted by Gasteiger charge is 2.33. The van der Waals surface area contributed by atoms with Crippen molar-refractivity contribution in [2.45, 2.75) is 32.2 Å². The van der Waals surface area contributed by atoms with Gasteiger partial charge in [-0.3, -0.25) is 19.3 Å². The number of carbonyl (C=O) groups is 3. The van der Waals surface area contributed by atoms with Crippen LogP contribution in [-0.4, -0.2) is 68.2 Å². The Bertz CT molecular complexity index is 951. The Hall–Kier alpha value is -3.59. The Morgan fingerprint density at radius 3 is 2.37 bits per heavy atom. The molecular formula is C26H33N3O6. The fourth-order valence-corrected chi connectivity index (χ4v) is 3.58. The second-order valence-electron chi connectivity index (χ2n) is 8.14. The Labute approximate surface area is 205 Å². The molecule has 2 N–H and O–H groups in total. The van der Waals surface area contributed by atoms with Crippen LogP contribution in [0.3, 0.4) is 0 Å². The van der Waals surface area contributed by atoms with Gasteiger partial charge in [-0.05, 0) is 42.8 Å². The zero-order valence-corrected chi connectivity index (χ0v) is 20.0. The van der Waals surface area contributed by atoms with Crippen molar-refractivity contribution < 1.29 is 28.6 Å². The van der Waals surface area contributed by atoms with Crippen molar-refractivity contribution >= 4 is 23.5 Å². The summed E-state index contributed by atoms with van der Waals surface area (Å²) in [6, 6.07) is 15.8. The number of anilines is 1. The van der Waals surface area contributed by atoms with E-state index in [1.165, 1.54) is 0 Å². The number of hydrogen-bond donors (Lipinski definition) is 2. The summed E-state index contributed by atoms with van der Waals surface area (Å²) >= 11 is 0. The monoisotopic (exact) mass is 483 g/mol. The van der Waals surface area contributed by atoms with Gasteiger partial charge >= 0.3 is 5.97 Å². The van der Waals surface area contributed by atoms with Crippen LogP contribution < -0.4 is 20.1 Å². The number of piperazine rings is 1. The lowest BCUT2D eigenvalue weighted by atomic mass is 10.1. The number of para-hydroxylation sites is 1. The van der Waals surface area contributed by atoms with E-state index in [4.69, 9.17) is 14.2 Å². The molecule has 35 heavy (non-hydrogen) atoms. The van der Waals surface area contributed by atoms with Crippen LogP contribution in [0, 0.1) is 0 Å². The van der Waals surface area contributed by atoms with Crippen molar-refractivity contribution in [3.63, 3.8) is 0 Å². The summed E-state index contributed by atoms with van der Waals surface area (Å²) in [5, 5.41) is 5.58. The summed E-state index contributed by atoms with van der Waals surface area (Å²) in [6.45, 7) is 4.04.